The number of nitrogens with two attached hydrogens (primary N) is 1. The number of rotatable bonds is 4. The second-order valence-electron chi connectivity index (χ2n) is 3.03. The molecule has 0 aliphatic rings. The number of thiophene rings is 1. The molecule has 6 heteroatoms. The van der Waals surface area contributed by atoms with Crippen LogP contribution in [0.4, 0.5) is 0 Å². The van der Waals surface area contributed by atoms with Crippen molar-refractivity contribution >= 4 is 45.3 Å². The van der Waals surface area contributed by atoms with E-state index in [0.717, 1.165) is 11.4 Å². The summed E-state index contributed by atoms with van der Waals surface area (Å²) in [4.78, 5) is 4.26. The number of hydrogen-bond donors (Lipinski definition) is 2. The minimum Gasteiger partial charge on any atom is -0.271 e. The average molecular weight is 351 g/mol. The molecule has 1 unspecified atom stereocenters. The molecule has 3 nitrogen and oxygen atoms in total. The molecule has 0 aromatic carbocycles. The van der Waals surface area contributed by atoms with Gasteiger partial charge >= 0.3 is 0 Å². The van der Waals surface area contributed by atoms with Gasteiger partial charge in [-0.25, -0.2) is 4.98 Å². The highest BCUT2D eigenvalue weighted by molar-refractivity contribution is 14.1. The molecule has 2 rings (SSSR count). The van der Waals surface area contributed by atoms with Crippen molar-refractivity contribution in [3.8, 4) is 0 Å². The smallest absolute Gasteiger partial charge is 0.0944 e. The molecule has 0 aliphatic carbocycles. The summed E-state index contributed by atoms with van der Waals surface area (Å²) in [5.41, 5.74) is 4.08. The minimum atomic E-state index is 0.163. The Morgan fingerprint density at radius 3 is 2.93 bits per heavy atom. The minimum absolute atomic E-state index is 0.163. The van der Waals surface area contributed by atoms with Crippen molar-refractivity contribution in [3.63, 3.8) is 0 Å². The molecule has 0 spiro atoms. The molecule has 2 aromatic heterocycles. The van der Waals surface area contributed by atoms with Gasteiger partial charge in [-0.3, -0.25) is 11.3 Å². The highest BCUT2D eigenvalue weighted by Gasteiger charge is 2.13. The van der Waals surface area contributed by atoms with E-state index in [1.54, 1.807) is 22.7 Å². The number of hydrogen-bond acceptors (Lipinski definition) is 5. The summed E-state index contributed by atoms with van der Waals surface area (Å²) in [5, 5.41) is 5.24. The van der Waals surface area contributed by atoms with Gasteiger partial charge in [0.1, 0.15) is 0 Å². The fourth-order valence-electron chi connectivity index (χ4n) is 1.31. The molecule has 15 heavy (non-hydrogen) atoms. The normalized spacial score (nSPS) is 12.9. The zero-order chi connectivity index (χ0) is 10.7. The Bertz CT molecular complexity index is 413. The quantitative estimate of drug-likeness (QED) is 0.506. The van der Waals surface area contributed by atoms with Gasteiger partial charge in [-0.05, 0) is 39.6 Å². The summed E-state index contributed by atoms with van der Waals surface area (Å²) in [6, 6.07) is 2.32. The Labute approximate surface area is 110 Å². The van der Waals surface area contributed by atoms with Crippen LogP contribution >= 0.6 is 45.3 Å². The van der Waals surface area contributed by atoms with Crippen molar-refractivity contribution in [1.82, 2.24) is 10.4 Å². The third-order valence-corrected chi connectivity index (χ3v) is 4.66. The van der Waals surface area contributed by atoms with E-state index >= 15 is 0 Å². The second kappa shape index (κ2) is 5.35. The summed E-state index contributed by atoms with van der Waals surface area (Å²) in [5.74, 6) is 5.56. The Morgan fingerprint density at radius 2 is 2.40 bits per heavy atom. The number of hydrazine groups is 1. The standard InChI is InChI=1S/C9H10IN3S2/c10-8-3-6(5-15-8)7(13-11)4-9-12-1-2-14-9/h1-3,5,7,13H,4,11H2. The highest BCUT2D eigenvalue weighted by atomic mass is 127. The number of halogens is 1. The van der Waals surface area contributed by atoms with Crippen LogP contribution < -0.4 is 11.3 Å². The first kappa shape index (κ1) is 11.5. The molecule has 3 N–H and O–H groups in total. The van der Waals surface area contributed by atoms with Crippen LogP contribution in [0.5, 0.6) is 0 Å². The average Bonchev–Trinajstić information content (AvgIpc) is 2.85. The van der Waals surface area contributed by atoms with Gasteiger partial charge in [0.2, 0.25) is 0 Å². The van der Waals surface area contributed by atoms with Gasteiger partial charge in [0.15, 0.2) is 0 Å². The number of aromatic nitrogens is 1. The molecular weight excluding hydrogens is 341 g/mol. The van der Waals surface area contributed by atoms with E-state index in [2.05, 4.69) is 44.4 Å². The Hall–Kier alpha value is -0.0200. The number of nitrogens with one attached hydrogen (secondary N) is 1. The van der Waals surface area contributed by atoms with Crippen LogP contribution in [0.15, 0.2) is 23.0 Å². The predicted molar refractivity (Wildman–Crippen MR) is 72.9 cm³/mol. The molecule has 0 amide bonds. The maximum absolute atomic E-state index is 5.56. The van der Waals surface area contributed by atoms with Crippen LogP contribution in [-0.4, -0.2) is 4.98 Å². The van der Waals surface area contributed by atoms with E-state index in [4.69, 9.17) is 5.84 Å². The summed E-state index contributed by atoms with van der Waals surface area (Å²) in [6.45, 7) is 0. The molecule has 0 fully saturated rings. The SMILES string of the molecule is NNC(Cc1nccs1)c1csc(I)c1. The second-order valence-corrected chi connectivity index (χ2v) is 6.82. The molecule has 2 heterocycles. The van der Waals surface area contributed by atoms with Crippen molar-refractivity contribution in [2.24, 2.45) is 5.84 Å². The summed E-state index contributed by atoms with van der Waals surface area (Å²) in [7, 11) is 0. The van der Waals surface area contributed by atoms with E-state index in [0.29, 0.717) is 0 Å². The predicted octanol–water partition coefficient (Wildman–Crippen LogP) is 2.56. The van der Waals surface area contributed by atoms with Gasteiger partial charge in [-0.15, -0.1) is 22.7 Å². The van der Waals surface area contributed by atoms with Crippen molar-refractivity contribution in [1.29, 1.82) is 0 Å². The van der Waals surface area contributed by atoms with Crippen LogP contribution in [0.1, 0.15) is 16.6 Å². The van der Waals surface area contributed by atoms with Crippen LogP contribution in [0.2, 0.25) is 0 Å². The van der Waals surface area contributed by atoms with Crippen LogP contribution in [0.3, 0.4) is 0 Å². The Morgan fingerprint density at radius 1 is 1.53 bits per heavy atom. The Balaban J connectivity index is 2.11. The largest absolute Gasteiger partial charge is 0.271 e. The maximum Gasteiger partial charge on any atom is 0.0944 e. The van der Waals surface area contributed by atoms with Crippen molar-refractivity contribution in [2.45, 2.75) is 12.5 Å². The summed E-state index contributed by atoms with van der Waals surface area (Å²) >= 11 is 5.71. The van der Waals surface area contributed by atoms with Gasteiger partial charge in [0, 0.05) is 18.0 Å². The lowest BCUT2D eigenvalue weighted by atomic mass is 10.1. The number of nitrogens with zero attached hydrogens (tertiary/aromatic N) is 1. The lowest BCUT2D eigenvalue weighted by molar-refractivity contribution is 0.552. The van der Waals surface area contributed by atoms with Gasteiger partial charge < -0.3 is 0 Å². The first-order valence-electron chi connectivity index (χ1n) is 4.38. The first-order chi connectivity index (χ1) is 7.29. The highest BCUT2D eigenvalue weighted by Crippen LogP contribution is 2.24. The number of thiazole rings is 1. The molecule has 0 bridgehead atoms. The van der Waals surface area contributed by atoms with Gasteiger partial charge in [-0.2, -0.15) is 0 Å². The van der Waals surface area contributed by atoms with Gasteiger partial charge in [0.25, 0.3) is 0 Å². The van der Waals surface area contributed by atoms with E-state index in [-0.39, 0.29) is 6.04 Å². The molecule has 0 aliphatic heterocycles. The molecule has 0 radical (unpaired) electrons. The molecule has 1 atom stereocenters. The molecule has 2 aromatic rings. The van der Waals surface area contributed by atoms with E-state index in [1.165, 1.54) is 8.45 Å². The first-order valence-corrected chi connectivity index (χ1v) is 7.22. The van der Waals surface area contributed by atoms with Crippen molar-refractivity contribution in [3.05, 3.63) is 36.5 Å². The van der Waals surface area contributed by atoms with Crippen LogP contribution in [0, 0.1) is 2.88 Å². The van der Waals surface area contributed by atoms with Crippen molar-refractivity contribution in [2.75, 3.05) is 0 Å². The van der Waals surface area contributed by atoms with Gasteiger partial charge in [0.05, 0.1) is 13.9 Å². The van der Waals surface area contributed by atoms with E-state index in [9.17, 15) is 0 Å². The summed E-state index contributed by atoms with van der Waals surface area (Å²) < 4.78 is 1.28. The fourth-order valence-corrected chi connectivity index (χ4v) is 3.40. The molecular formula is C9H10IN3S2. The molecule has 0 saturated heterocycles. The summed E-state index contributed by atoms with van der Waals surface area (Å²) in [6.07, 6.45) is 2.67. The van der Waals surface area contributed by atoms with Crippen molar-refractivity contribution < 1.29 is 0 Å². The van der Waals surface area contributed by atoms with Crippen LogP contribution in [0.25, 0.3) is 0 Å². The van der Waals surface area contributed by atoms with E-state index < -0.39 is 0 Å². The Kier molecular flexibility index (Phi) is 4.09. The molecule has 80 valence electrons. The third kappa shape index (κ3) is 2.97. The maximum atomic E-state index is 5.56. The fraction of sp³-hybridized carbons (Fsp3) is 0.222. The zero-order valence-corrected chi connectivity index (χ0v) is 11.6. The lowest BCUT2D eigenvalue weighted by Crippen LogP contribution is -2.29. The van der Waals surface area contributed by atoms with Gasteiger partial charge in [-0.1, -0.05) is 0 Å². The lowest BCUT2D eigenvalue weighted by Gasteiger charge is -2.12. The monoisotopic (exact) mass is 351 g/mol. The molecule has 0 saturated carbocycles. The zero-order valence-electron chi connectivity index (χ0n) is 7.81. The van der Waals surface area contributed by atoms with E-state index in [1.807, 2.05) is 11.6 Å². The third-order valence-electron chi connectivity index (χ3n) is 2.05. The van der Waals surface area contributed by atoms with Crippen LogP contribution in [-0.2, 0) is 6.42 Å². The topological polar surface area (TPSA) is 50.9 Å².